The molecule has 5 heterocycles. The van der Waals surface area contributed by atoms with Crippen LogP contribution in [0.3, 0.4) is 0 Å². The van der Waals surface area contributed by atoms with Gasteiger partial charge in [-0.15, -0.1) is 0 Å². The molecule has 0 bridgehead atoms. The molecule has 2 aliphatic heterocycles. The second-order valence-electron chi connectivity index (χ2n) is 13.2. The molecule has 0 radical (unpaired) electrons. The van der Waals surface area contributed by atoms with Crippen LogP contribution in [0.1, 0.15) is 55.2 Å². The topological polar surface area (TPSA) is 117 Å². The number of aryl methyl sites for hydroxylation is 2. The molecule has 3 fully saturated rings. The van der Waals surface area contributed by atoms with Crippen molar-refractivity contribution in [1.82, 2.24) is 29.4 Å². The molecule has 46 heavy (non-hydrogen) atoms. The monoisotopic (exact) mass is 621 g/mol. The average Bonchev–Trinajstić information content (AvgIpc) is 3.33. The number of para-hydroxylation sites is 1. The maximum Gasteiger partial charge on any atom is 0.252 e. The van der Waals surface area contributed by atoms with Gasteiger partial charge in [-0.1, -0.05) is 36.4 Å². The van der Waals surface area contributed by atoms with E-state index in [4.69, 9.17) is 14.2 Å². The predicted molar refractivity (Wildman–Crippen MR) is 173 cm³/mol. The molecule has 11 nitrogen and oxygen atoms in total. The number of rotatable bonds is 9. The number of imidazole rings is 1. The fourth-order valence-electron chi connectivity index (χ4n) is 6.76. The van der Waals surface area contributed by atoms with E-state index in [0.717, 1.165) is 25.8 Å². The van der Waals surface area contributed by atoms with Crippen LogP contribution in [0.15, 0.2) is 61.3 Å². The number of hydrogen-bond donors (Lipinski definition) is 2. The van der Waals surface area contributed by atoms with Gasteiger partial charge in [0.2, 0.25) is 0 Å². The van der Waals surface area contributed by atoms with E-state index >= 15 is 0 Å². The van der Waals surface area contributed by atoms with Crippen molar-refractivity contribution in [3.05, 3.63) is 83.6 Å². The molecule has 0 unspecified atom stereocenters. The highest BCUT2D eigenvalue weighted by Gasteiger charge is 2.58. The molecule has 11 heteroatoms. The van der Waals surface area contributed by atoms with Crippen LogP contribution in [-0.4, -0.2) is 66.7 Å². The van der Waals surface area contributed by atoms with Crippen molar-refractivity contribution in [2.24, 2.45) is 0 Å². The molecule has 1 saturated carbocycles. The molecule has 4 atom stereocenters. The van der Waals surface area contributed by atoms with Crippen molar-refractivity contribution in [2.75, 3.05) is 11.9 Å². The lowest BCUT2D eigenvalue weighted by molar-refractivity contribution is -0.197. The number of carbonyl (C=O) groups excluding carboxylic acids is 1. The van der Waals surface area contributed by atoms with Crippen molar-refractivity contribution in [3.63, 3.8) is 0 Å². The van der Waals surface area contributed by atoms with Crippen molar-refractivity contribution >= 4 is 33.8 Å². The molecule has 8 rings (SSSR count). The molecule has 1 aliphatic carbocycles. The molecular formula is C35H39N7O4. The second kappa shape index (κ2) is 11.2. The van der Waals surface area contributed by atoms with Crippen molar-refractivity contribution in [3.8, 4) is 0 Å². The Bertz CT molecular complexity index is 1940. The van der Waals surface area contributed by atoms with Crippen LogP contribution in [0.25, 0.3) is 22.1 Å². The third-order valence-corrected chi connectivity index (χ3v) is 9.33. The van der Waals surface area contributed by atoms with E-state index in [-0.39, 0.29) is 11.9 Å². The lowest BCUT2D eigenvalue weighted by Gasteiger charge is -2.24. The summed E-state index contributed by atoms with van der Waals surface area (Å²) in [6, 6.07) is 15.5. The van der Waals surface area contributed by atoms with E-state index < -0.39 is 30.3 Å². The number of aromatic nitrogens is 5. The van der Waals surface area contributed by atoms with Crippen molar-refractivity contribution in [1.29, 1.82) is 0 Å². The smallest absolute Gasteiger partial charge is 0.252 e. The van der Waals surface area contributed by atoms with Crippen LogP contribution in [0.2, 0.25) is 0 Å². The molecule has 2 aromatic carbocycles. The first-order valence-corrected chi connectivity index (χ1v) is 16.1. The zero-order valence-corrected chi connectivity index (χ0v) is 26.6. The zero-order chi connectivity index (χ0) is 31.6. The fourth-order valence-corrected chi connectivity index (χ4v) is 6.76. The van der Waals surface area contributed by atoms with Gasteiger partial charge < -0.3 is 29.4 Å². The van der Waals surface area contributed by atoms with E-state index in [1.54, 1.807) is 6.33 Å². The Morgan fingerprint density at radius 2 is 1.85 bits per heavy atom. The highest BCUT2D eigenvalue weighted by atomic mass is 16.8. The van der Waals surface area contributed by atoms with Gasteiger partial charge in [0.15, 0.2) is 35.1 Å². The maximum atomic E-state index is 13.1. The lowest BCUT2D eigenvalue weighted by Crippen LogP contribution is -2.43. The largest absolute Gasteiger partial charge is 0.368 e. The number of benzene rings is 2. The van der Waals surface area contributed by atoms with Crippen LogP contribution >= 0.6 is 0 Å². The van der Waals surface area contributed by atoms with Gasteiger partial charge in [-0.3, -0.25) is 9.36 Å². The summed E-state index contributed by atoms with van der Waals surface area (Å²) in [5.41, 5.74) is 7.62. The minimum Gasteiger partial charge on any atom is -0.368 e. The van der Waals surface area contributed by atoms with E-state index in [2.05, 4.69) is 92.7 Å². The fraction of sp³-hybridized carbons (Fsp3) is 0.429. The van der Waals surface area contributed by atoms with Gasteiger partial charge in [0.1, 0.15) is 18.5 Å². The highest BCUT2D eigenvalue weighted by molar-refractivity contribution is 5.85. The zero-order valence-electron chi connectivity index (χ0n) is 26.6. The third kappa shape index (κ3) is 5.32. The molecule has 2 N–H and O–H groups in total. The summed E-state index contributed by atoms with van der Waals surface area (Å²) in [6.07, 6.45) is 5.83. The van der Waals surface area contributed by atoms with Crippen LogP contribution in [0, 0.1) is 13.8 Å². The first-order chi connectivity index (χ1) is 22.2. The molecule has 0 spiro atoms. The minimum absolute atomic E-state index is 0.168. The van der Waals surface area contributed by atoms with Gasteiger partial charge >= 0.3 is 0 Å². The Kier molecular flexibility index (Phi) is 7.08. The molecular weight excluding hydrogens is 582 g/mol. The summed E-state index contributed by atoms with van der Waals surface area (Å²) in [4.78, 5) is 26.8. The number of nitrogens with one attached hydrogen (secondary N) is 2. The highest BCUT2D eigenvalue weighted by Crippen LogP contribution is 2.44. The van der Waals surface area contributed by atoms with Crippen LogP contribution in [-0.2, 0) is 32.0 Å². The normalized spacial score (nSPS) is 23.7. The minimum atomic E-state index is -0.838. The number of fused-ring (bicyclic) bond motifs is 3. The molecule has 2 saturated heterocycles. The molecule has 3 aromatic heterocycles. The number of carbonyl (C=O) groups is 1. The first kappa shape index (κ1) is 29.1. The summed E-state index contributed by atoms with van der Waals surface area (Å²) in [7, 11) is 0. The summed E-state index contributed by atoms with van der Waals surface area (Å²) in [5.74, 6) is -0.363. The number of hydrogen-bond acceptors (Lipinski definition) is 8. The van der Waals surface area contributed by atoms with Gasteiger partial charge in [-0.25, -0.2) is 15.0 Å². The van der Waals surface area contributed by atoms with Gasteiger partial charge in [0.25, 0.3) is 5.91 Å². The van der Waals surface area contributed by atoms with Crippen LogP contribution < -0.4 is 10.6 Å². The number of amides is 1. The quantitative estimate of drug-likeness (QED) is 0.241. The van der Waals surface area contributed by atoms with Gasteiger partial charge in [-0.2, -0.15) is 0 Å². The Hall–Kier alpha value is -4.32. The van der Waals surface area contributed by atoms with Crippen molar-refractivity contribution < 1.29 is 19.0 Å². The number of anilines is 1. The van der Waals surface area contributed by atoms with E-state index in [1.165, 1.54) is 39.5 Å². The summed E-state index contributed by atoms with van der Waals surface area (Å²) in [5, 5.41) is 7.80. The molecule has 1 amide bonds. The number of nitrogens with zero attached hydrogens (tertiary/aromatic N) is 5. The van der Waals surface area contributed by atoms with E-state index in [9.17, 15) is 4.79 Å². The van der Waals surface area contributed by atoms with Gasteiger partial charge in [0, 0.05) is 36.2 Å². The summed E-state index contributed by atoms with van der Waals surface area (Å²) in [6.45, 7) is 9.51. The number of ether oxygens (including phenoxy) is 3. The lowest BCUT2D eigenvalue weighted by atomic mass is 10.1. The third-order valence-electron chi connectivity index (χ3n) is 9.33. The second-order valence-corrected chi connectivity index (χ2v) is 13.2. The Morgan fingerprint density at radius 1 is 1.02 bits per heavy atom. The predicted octanol–water partition coefficient (Wildman–Crippen LogP) is 4.80. The molecule has 5 aromatic rings. The Balaban J connectivity index is 1.01. The van der Waals surface area contributed by atoms with Crippen LogP contribution in [0.5, 0.6) is 0 Å². The summed E-state index contributed by atoms with van der Waals surface area (Å²) >= 11 is 0. The standard InChI is InChI=1S/C35H39N7O4/c1-20-9-10-22(15-21(20)2)16-41-17-23(25-7-5-6-8-26(25)41)13-14-36-31-27-32(38-18-37-31)42(19-39-27)34-30-28(45-35(3,4)46-30)29(44-34)33(43)40-24-11-12-24/h5-10,15,17-19,24,28-30,34H,11-14,16H2,1-4H3,(H,40,43)(H,36,37,38)/t28-,29+,30-,34-/m1/s1. The van der Waals surface area contributed by atoms with Crippen molar-refractivity contribution in [2.45, 2.75) is 89.9 Å². The summed E-state index contributed by atoms with van der Waals surface area (Å²) < 4.78 is 22.9. The molecule has 238 valence electrons. The Morgan fingerprint density at radius 3 is 2.67 bits per heavy atom. The SMILES string of the molecule is Cc1ccc(Cn2cc(CCNc3ncnc4c3ncn4[C@@H]3O[C@H](C(=O)NC4CC4)[C@H]4OC(C)(C)O[C@H]43)c3ccccc32)cc1C. The average molecular weight is 622 g/mol. The van der Waals surface area contributed by atoms with E-state index in [1.807, 2.05) is 18.4 Å². The molecule has 3 aliphatic rings. The van der Waals surface area contributed by atoms with Gasteiger partial charge in [0.05, 0.1) is 6.33 Å². The van der Waals surface area contributed by atoms with Crippen LogP contribution in [0.4, 0.5) is 5.82 Å². The van der Waals surface area contributed by atoms with E-state index in [0.29, 0.717) is 23.5 Å². The maximum absolute atomic E-state index is 13.1. The first-order valence-electron chi connectivity index (χ1n) is 16.1. The van der Waals surface area contributed by atoms with Gasteiger partial charge in [-0.05, 0) is 75.3 Å². The Labute approximate surface area is 267 Å².